The predicted octanol–water partition coefficient (Wildman–Crippen LogP) is 19.5. The molecule has 0 heterocycles. The van der Waals surface area contributed by atoms with Crippen LogP contribution in [-0.4, -0.2) is 96.7 Å². The largest absolute Gasteiger partial charge is 0.472 e. The standard InChI is InChI=1S/C68H132O17P2/c1-5-9-13-17-20-23-25-27-29-30-31-32-34-36-38-40-43-47-51-55-68(73)85-64(59-79-66(71)53-49-45-42-39-37-35-33-28-26-24-21-18-14-10-6-2)61-83-87(76,77)81-57-62(69)56-80-86(74,75)82-60-63(58-78-65(70)52-48-44-16-12-8-4)84-67(72)54-50-46-41-22-19-15-11-7-3/h62-64,69H,5-61H2,1-4H3,(H,74,75)(H,76,77)/t62-,63+,64+/m0/s1. The molecular formula is C68H132O17P2. The van der Waals surface area contributed by atoms with Crippen LogP contribution in [-0.2, 0) is 65.4 Å². The van der Waals surface area contributed by atoms with E-state index in [1.165, 1.54) is 173 Å². The molecule has 5 atom stereocenters. The van der Waals surface area contributed by atoms with E-state index in [9.17, 15) is 43.2 Å². The maximum Gasteiger partial charge on any atom is 0.472 e. The third kappa shape index (κ3) is 62.6. The smallest absolute Gasteiger partial charge is 0.462 e. The van der Waals surface area contributed by atoms with Gasteiger partial charge in [-0.05, 0) is 25.7 Å². The normalized spacial score (nSPS) is 14.1. The number of hydrogen-bond acceptors (Lipinski definition) is 15. The summed E-state index contributed by atoms with van der Waals surface area (Å²) in [5.74, 6) is -2.14. The van der Waals surface area contributed by atoms with Crippen molar-refractivity contribution in [3.8, 4) is 0 Å². The molecule has 2 unspecified atom stereocenters. The molecule has 0 aromatic carbocycles. The summed E-state index contributed by atoms with van der Waals surface area (Å²) in [6.45, 7) is 4.81. The fraction of sp³-hybridized carbons (Fsp3) is 0.941. The third-order valence-electron chi connectivity index (χ3n) is 15.9. The minimum Gasteiger partial charge on any atom is -0.462 e. The van der Waals surface area contributed by atoms with Crippen molar-refractivity contribution in [3.05, 3.63) is 0 Å². The summed E-state index contributed by atoms with van der Waals surface area (Å²) in [5, 5.41) is 10.5. The van der Waals surface area contributed by atoms with Gasteiger partial charge in [0.15, 0.2) is 12.2 Å². The highest BCUT2D eigenvalue weighted by atomic mass is 31.2. The first-order valence-corrected chi connectivity index (χ1v) is 38.8. The van der Waals surface area contributed by atoms with Crippen molar-refractivity contribution in [1.82, 2.24) is 0 Å². The zero-order valence-electron chi connectivity index (χ0n) is 56.0. The number of phosphoric ester groups is 2. The van der Waals surface area contributed by atoms with Crippen molar-refractivity contribution >= 4 is 39.5 Å². The first-order chi connectivity index (χ1) is 42.2. The molecule has 0 aliphatic rings. The van der Waals surface area contributed by atoms with Crippen molar-refractivity contribution in [3.63, 3.8) is 0 Å². The van der Waals surface area contributed by atoms with Gasteiger partial charge >= 0.3 is 39.5 Å². The SMILES string of the molecule is CCCCCCCCCCCCCCCCCCCCCC(=O)O[C@H](COC(=O)CCCCCCCCCCCCCCCCC)COP(=O)(O)OC[C@@H](O)COP(=O)(O)OC[C@@H](COC(=O)CCCCCCC)OC(=O)CCCCCCCCCC. The van der Waals surface area contributed by atoms with Gasteiger partial charge in [0.2, 0.25) is 0 Å². The van der Waals surface area contributed by atoms with Gasteiger partial charge in [0, 0.05) is 25.7 Å². The summed E-state index contributed by atoms with van der Waals surface area (Å²) in [5.41, 5.74) is 0. The maximum atomic E-state index is 13.0. The lowest BCUT2D eigenvalue weighted by Crippen LogP contribution is -2.30. The Labute approximate surface area is 530 Å². The predicted molar refractivity (Wildman–Crippen MR) is 349 cm³/mol. The van der Waals surface area contributed by atoms with E-state index in [1.807, 2.05) is 0 Å². The summed E-state index contributed by atoms with van der Waals surface area (Å²) < 4.78 is 67.9. The van der Waals surface area contributed by atoms with Crippen molar-refractivity contribution in [2.75, 3.05) is 39.6 Å². The van der Waals surface area contributed by atoms with E-state index in [1.54, 1.807) is 0 Å². The van der Waals surface area contributed by atoms with E-state index < -0.39 is 97.5 Å². The van der Waals surface area contributed by atoms with Gasteiger partial charge in [-0.1, -0.05) is 304 Å². The lowest BCUT2D eigenvalue weighted by Gasteiger charge is -2.21. The van der Waals surface area contributed by atoms with Gasteiger partial charge in [0.05, 0.1) is 26.4 Å². The molecule has 0 amide bonds. The molecular weight excluding hydrogens is 1150 g/mol. The highest BCUT2D eigenvalue weighted by molar-refractivity contribution is 7.47. The minimum atomic E-state index is -4.95. The Bertz CT molecular complexity index is 1670. The van der Waals surface area contributed by atoms with Crippen molar-refractivity contribution in [2.45, 2.75) is 373 Å². The number of esters is 4. The van der Waals surface area contributed by atoms with Crippen LogP contribution < -0.4 is 0 Å². The average Bonchev–Trinajstić information content (AvgIpc) is 3.71. The van der Waals surface area contributed by atoms with E-state index >= 15 is 0 Å². The molecule has 19 heteroatoms. The number of ether oxygens (including phenoxy) is 4. The summed E-state index contributed by atoms with van der Waals surface area (Å²) in [7, 11) is -9.88. The molecule has 87 heavy (non-hydrogen) atoms. The second-order valence-corrected chi connectivity index (χ2v) is 27.5. The van der Waals surface area contributed by atoms with E-state index in [0.717, 1.165) is 103 Å². The Balaban J connectivity index is 5.11. The number of aliphatic hydroxyl groups excluding tert-OH is 1. The van der Waals surface area contributed by atoms with Crippen LogP contribution in [0.2, 0.25) is 0 Å². The molecule has 0 spiro atoms. The van der Waals surface area contributed by atoms with Gasteiger partial charge < -0.3 is 33.8 Å². The van der Waals surface area contributed by atoms with Crippen LogP contribution in [0.25, 0.3) is 0 Å². The molecule has 0 radical (unpaired) electrons. The van der Waals surface area contributed by atoms with Crippen LogP contribution in [0.15, 0.2) is 0 Å². The molecule has 516 valence electrons. The molecule has 0 saturated carbocycles. The van der Waals surface area contributed by atoms with Gasteiger partial charge in [-0.3, -0.25) is 37.3 Å². The van der Waals surface area contributed by atoms with Gasteiger partial charge in [-0.15, -0.1) is 0 Å². The van der Waals surface area contributed by atoms with Crippen LogP contribution in [0.1, 0.15) is 355 Å². The van der Waals surface area contributed by atoms with Gasteiger partial charge in [-0.2, -0.15) is 0 Å². The molecule has 0 aliphatic carbocycles. The topological polar surface area (TPSA) is 237 Å². The number of hydrogen-bond donors (Lipinski definition) is 3. The van der Waals surface area contributed by atoms with Gasteiger partial charge in [0.25, 0.3) is 0 Å². The fourth-order valence-corrected chi connectivity index (χ4v) is 11.9. The third-order valence-corrected chi connectivity index (χ3v) is 17.8. The monoisotopic (exact) mass is 1280 g/mol. The minimum absolute atomic E-state index is 0.104. The number of carbonyl (C=O) groups is 4. The number of rotatable bonds is 69. The Morgan fingerprint density at radius 2 is 0.460 bits per heavy atom. The Morgan fingerprint density at radius 3 is 0.678 bits per heavy atom. The summed E-state index contributed by atoms with van der Waals surface area (Å²) >= 11 is 0. The molecule has 0 aromatic rings. The van der Waals surface area contributed by atoms with E-state index in [4.69, 9.17) is 37.0 Å². The molecule has 0 aromatic heterocycles. The van der Waals surface area contributed by atoms with Crippen molar-refractivity contribution < 1.29 is 80.2 Å². The summed E-state index contributed by atoms with van der Waals surface area (Å²) in [4.78, 5) is 72.1. The van der Waals surface area contributed by atoms with Crippen LogP contribution in [0.4, 0.5) is 0 Å². The summed E-state index contributed by atoms with van der Waals surface area (Å²) in [6.07, 6.45) is 50.5. The lowest BCUT2D eigenvalue weighted by molar-refractivity contribution is -0.161. The van der Waals surface area contributed by atoms with Crippen LogP contribution in [0.3, 0.4) is 0 Å². The van der Waals surface area contributed by atoms with Crippen molar-refractivity contribution in [1.29, 1.82) is 0 Å². The molecule has 0 rings (SSSR count). The molecule has 0 fully saturated rings. The Morgan fingerprint density at radius 1 is 0.276 bits per heavy atom. The zero-order valence-corrected chi connectivity index (χ0v) is 57.8. The van der Waals surface area contributed by atoms with E-state index in [-0.39, 0.29) is 25.7 Å². The number of aliphatic hydroxyl groups is 1. The number of unbranched alkanes of at least 4 members (excludes halogenated alkanes) is 43. The fourth-order valence-electron chi connectivity index (χ4n) is 10.3. The van der Waals surface area contributed by atoms with Crippen molar-refractivity contribution in [2.24, 2.45) is 0 Å². The average molecular weight is 1280 g/mol. The lowest BCUT2D eigenvalue weighted by atomic mass is 10.0. The summed E-state index contributed by atoms with van der Waals surface area (Å²) in [6, 6.07) is 0. The molecule has 3 N–H and O–H groups in total. The van der Waals surface area contributed by atoms with Gasteiger partial charge in [0.1, 0.15) is 19.3 Å². The van der Waals surface area contributed by atoms with Crippen LogP contribution >= 0.6 is 15.6 Å². The molecule has 17 nitrogen and oxygen atoms in total. The van der Waals surface area contributed by atoms with Crippen LogP contribution in [0.5, 0.6) is 0 Å². The number of carbonyl (C=O) groups excluding carboxylic acids is 4. The van der Waals surface area contributed by atoms with E-state index in [0.29, 0.717) is 25.7 Å². The second kappa shape index (κ2) is 62.8. The second-order valence-electron chi connectivity index (χ2n) is 24.6. The Kier molecular flexibility index (Phi) is 61.4. The van der Waals surface area contributed by atoms with Gasteiger partial charge in [-0.25, -0.2) is 9.13 Å². The highest BCUT2D eigenvalue weighted by Crippen LogP contribution is 2.45. The first-order valence-electron chi connectivity index (χ1n) is 35.8. The van der Waals surface area contributed by atoms with Crippen LogP contribution in [0, 0.1) is 0 Å². The first kappa shape index (κ1) is 85.1. The number of phosphoric acid groups is 2. The zero-order chi connectivity index (χ0) is 64.0. The quantitative estimate of drug-likeness (QED) is 0.0222. The van der Waals surface area contributed by atoms with E-state index in [2.05, 4.69) is 27.7 Å². The molecule has 0 bridgehead atoms. The molecule has 0 aliphatic heterocycles. The Hall–Kier alpha value is -1.94. The highest BCUT2D eigenvalue weighted by Gasteiger charge is 2.30. The molecule has 0 saturated heterocycles. The maximum absolute atomic E-state index is 13.0.